The largest absolute Gasteiger partial charge is 0.234 e. The van der Waals surface area contributed by atoms with E-state index in [1.165, 1.54) is 12.1 Å². The monoisotopic (exact) mass is 308 g/mol. The van der Waals surface area contributed by atoms with Crippen molar-refractivity contribution in [3.8, 4) is 0 Å². The molecule has 0 bridgehead atoms. The van der Waals surface area contributed by atoms with Crippen LogP contribution in [0.2, 0.25) is 0 Å². The Kier molecular flexibility index (Phi) is 5.12. The van der Waals surface area contributed by atoms with Crippen molar-refractivity contribution in [2.45, 2.75) is 20.8 Å². The maximum atomic E-state index is 13.6. The fraction of sp³-hybridized carbons (Fsp3) is 0.150. The van der Waals surface area contributed by atoms with Gasteiger partial charge in [-0.15, -0.1) is 0 Å². The molecule has 0 N–H and O–H groups in total. The Hall–Kier alpha value is -2.68. The first kappa shape index (κ1) is 16.7. The zero-order chi connectivity index (χ0) is 17.0. The number of halogens is 1. The molecule has 0 unspecified atom stereocenters. The topological polar surface area (TPSA) is 15.6 Å². The second kappa shape index (κ2) is 7.05. The van der Waals surface area contributed by atoms with Crippen molar-refractivity contribution in [1.29, 1.82) is 0 Å². The van der Waals surface area contributed by atoms with E-state index in [1.54, 1.807) is 17.2 Å². The molecular weight excluding hydrogens is 287 g/mol. The highest BCUT2D eigenvalue weighted by molar-refractivity contribution is 5.94. The van der Waals surface area contributed by atoms with E-state index in [0.29, 0.717) is 0 Å². The summed E-state index contributed by atoms with van der Waals surface area (Å²) in [5, 5.41) is 6.32. The summed E-state index contributed by atoms with van der Waals surface area (Å²) in [6.45, 7) is 13.7. The minimum Gasteiger partial charge on any atom is -0.234 e. The lowest BCUT2D eigenvalue weighted by molar-refractivity contribution is 0.475. The molecule has 3 heteroatoms. The second-order valence-corrected chi connectivity index (χ2v) is 5.36. The zero-order valence-corrected chi connectivity index (χ0v) is 13.8. The molecule has 0 radical (unpaired) electrons. The molecule has 0 aliphatic carbocycles. The first-order valence-electron chi connectivity index (χ1n) is 7.45. The number of hydrogen-bond donors (Lipinski definition) is 0. The number of benzene rings is 1. The molecule has 2 rings (SSSR count). The van der Waals surface area contributed by atoms with E-state index in [9.17, 15) is 4.39 Å². The van der Waals surface area contributed by atoms with Gasteiger partial charge in [-0.25, -0.2) is 9.40 Å². The quantitative estimate of drug-likeness (QED) is 0.667. The number of hydrogen-bond acceptors (Lipinski definition) is 2. The lowest BCUT2D eigenvalue weighted by Gasteiger charge is -2.26. The van der Waals surface area contributed by atoms with Crippen LogP contribution >= 0.6 is 0 Å². The normalized spacial score (nSPS) is 15.7. The lowest BCUT2D eigenvalue weighted by Crippen LogP contribution is -2.19. The Morgan fingerprint density at radius 1 is 1.26 bits per heavy atom. The molecule has 0 amide bonds. The van der Waals surface area contributed by atoms with Gasteiger partial charge in [0.2, 0.25) is 0 Å². The molecule has 1 aliphatic heterocycles. The Bertz CT molecular complexity index is 764. The average molecular weight is 308 g/mol. The van der Waals surface area contributed by atoms with E-state index < -0.39 is 0 Å². The highest BCUT2D eigenvalue weighted by Crippen LogP contribution is 2.26. The third kappa shape index (κ3) is 3.75. The van der Waals surface area contributed by atoms with E-state index in [-0.39, 0.29) is 5.82 Å². The highest BCUT2D eigenvalue weighted by Gasteiger charge is 2.15. The Labute approximate surface area is 137 Å². The van der Waals surface area contributed by atoms with Crippen molar-refractivity contribution in [2.24, 2.45) is 5.10 Å². The van der Waals surface area contributed by atoms with Crippen molar-refractivity contribution in [3.63, 3.8) is 0 Å². The highest BCUT2D eigenvalue weighted by atomic mass is 19.1. The molecule has 118 valence electrons. The van der Waals surface area contributed by atoms with Gasteiger partial charge in [0.1, 0.15) is 5.82 Å². The van der Waals surface area contributed by atoms with Crippen LogP contribution in [0, 0.1) is 5.82 Å². The van der Waals surface area contributed by atoms with Crippen LogP contribution in [0.5, 0.6) is 0 Å². The third-order valence-corrected chi connectivity index (χ3v) is 3.59. The summed E-state index contributed by atoms with van der Waals surface area (Å²) in [5.74, 6) is -0.268. The van der Waals surface area contributed by atoms with Crippen LogP contribution in [-0.4, -0.2) is 10.7 Å². The van der Waals surface area contributed by atoms with Crippen LogP contribution in [-0.2, 0) is 0 Å². The van der Waals surface area contributed by atoms with E-state index in [0.717, 1.165) is 33.8 Å². The molecule has 2 nitrogen and oxygen atoms in total. The number of rotatable bonds is 4. The fourth-order valence-corrected chi connectivity index (χ4v) is 2.43. The number of nitrogens with zero attached hydrogens (tertiary/aromatic N) is 2. The predicted molar refractivity (Wildman–Crippen MR) is 97.1 cm³/mol. The van der Waals surface area contributed by atoms with Crippen LogP contribution in [0.25, 0.3) is 12.2 Å². The van der Waals surface area contributed by atoms with Gasteiger partial charge in [-0.05, 0) is 67.8 Å². The summed E-state index contributed by atoms with van der Waals surface area (Å²) in [6.07, 6.45) is 9.48. The first-order chi connectivity index (χ1) is 11.0. The zero-order valence-electron chi connectivity index (χ0n) is 13.8. The molecule has 0 spiro atoms. The summed E-state index contributed by atoms with van der Waals surface area (Å²) >= 11 is 0. The Balaban J connectivity index is 2.43. The van der Waals surface area contributed by atoms with Gasteiger partial charge >= 0.3 is 0 Å². The summed E-state index contributed by atoms with van der Waals surface area (Å²) in [4.78, 5) is 0. The number of allylic oxidation sites excluding steroid dienone is 4. The Morgan fingerprint density at radius 3 is 2.65 bits per heavy atom. The van der Waals surface area contributed by atoms with Crippen molar-refractivity contribution >= 4 is 17.9 Å². The van der Waals surface area contributed by atoms with Crippen LogP contribution in [0.1, 0.15) is 31.9 Å². The predicted octanol–water partition coefficient (Wildman–Crippen LogP) is 5.54. The standard InChI is InChI=1S/C20H21FN2/c1-6-17-10-11-19(21)13-18(17)12-14(3)20(7-2)23-16(5)9-8-15(4)22-23/h6-13H,1,5H2,2-4H3/b14-12+,20-7-. The molecule has 0 fully saturated rings. The molecule has 0 saturated heterocycles. The summed E-state index contributed by atoms with van der Waals surface area (Å²) in [5.41, 5.74) is 5.25. The smallest absolute Gasteiger partial charge is 0.123 e. The van der Waals surface area contributed by atoms with E-state index in [1.807, 2.05) is 45.1 Å². The first-order valence-corrected chi connectivity index (χ1v) is 7.45. The Morgan fingerprint density at radius 2 is 2.00 bits per heavy atom. The van der Waals surface area contributed by atoms with Crippen molar-refractivity contribution in [1.82, 2.24) is 5.01 Å². The van der Waals surface area contributed by atoms with E-state index >= 15 is 0 Å². The van der Waals surface area contributed by atoms with Gasteiger partial charge in [0.15, 0.2) is 0 Å². The molecule has 1 heterocycles. The van der Waals surface area contributed by atoms with Crippen LogP contribution in [0.3, 0.4) is 0 Å². The molecule has 23 heavy (non-hydrogen) atoms. The van der Waals surface area contributed by atoms with Gasteiger partial charge in [-0.2, -0.15) is 5.10 Å². The molecule has 0 saturated carbocycles. The SMILES string of the molecule is C=Cc1ccc(F)cc1/C=C(C)/C(=C/C)N1N=C(C)C=CC1=C. The van der Waals surface area contributed by atoms with Gasteiger partial charge in [0.05, 0.1) is 17.1 Å². The molecular formula is C20H21FN2. The van der Waals surface area contributed by atoms with E-state index in [2.05, 4.69) is 18.3 Å². The fourth-order valence-electron chi connectivity index (χ4n) is 2.43. The van der Waals surface area contributed by atoms with Crippen molar-refractivity contribution < 1.29 is 4.39 Å². The van der Waals surface area contributed by atoms with Crippen LogP contribution < -0.4 is 0 Å². The number of hydrazone groups is 1. The second-order valence-electron chi connectivity index (χ2n) is 5.36. The minimum absolute atomic E-state index is 0.268. The maximum absolute atomic E-state index is 13.6. The maximum Gasteiger partial charge on any atom is 0.123 e. The summed E-state index contributed by atoms with van der Waals surface area (Å²) in [6, 6.07) is 4.67. The van der Waals surface area contributed by atoms with Gasteiger partial charge in [0.25, 0.3) is 0 Å². The van der Waals surface area contributed by atoms with Crippen LogP contribution in [0.15, 0.2) is 71.7 Å². The molecule has 1 aromatic rings. The molecule has 1 aromatic carbocycles. The van der Waals surface area contributed by atoms with Gasteiger partial charge in [0, 0.05) is 0 Å². The lowest BCUT2D eigenvalue weighted by atomic mass is 10.0. The summed E-state index contributed by atoms with van der Waals surface area (Å²) in [7, 11) is 0. The van der Waals surface area contributed by atoms with Crippen molar-refractivity contribution in [2.75, 3.05) is 0 Å². The van der Waals surface area contributed by atoms with Crippen molar-refractivity contribution in [3.05, 3.63) is 83.5 Å². The van der Waals surface area contributed by atoms with E-state index in [4.69, 9.17) is 0 Å². The van der Waals surface area contributed by atoms with Gasteiger partial charge in [-0.3, -0.25) is 0 Å². The average Bonchev–Trinajstić information content (AvgIpc) is 2.51. The van der Waals surface area contributed by atoms with Gasteiger partial charge in [-0.1, -0.05) is 31.4 Å². The van der Waals surface area contributed by atoms with Gasteiger partial charge < -0.3 is 0 Å². The minimum atomic E-state index is -0.268. The summed E-state index contributed by atoms with van der Waals surface area (Å²) < 4.78 is 13.6. The molecule has 0 aromatic heterocycles. The van der Waals surface area contributed by atoms with Crippen LogP contribution in [0.4, 0.5) is 4.39 Å². The molecule has 1 aliphatic rings. The third-order valence-electron chi connectivity index (χ3n) is 3.59. The molecule has 0 atom stereocenters.